The maximum Gasteiger partial charge on any atom is 0.0409 e. The third-order valence-corrected chi connectivity index (χ3v) is 4.65. The zero-order chi connectivity index (χ0) is 13.0. The van der Waals surface area contributed by atoms with Gasteiger partial charge in [0.15, 0.2) is 0 Å². The Morgan fingerprint density at radius 2 is 2.11 bits per heavy atom. The van der Waals surface area contributed by atoms with Crippen molar-refractivity contribution < 1.29 is 0 Å². The first-order valence-electron chi connectivity index (χ1n) is 5.93. The molecule has 0 amide bonds. The summed E-state index contributed by atoms with van der Waals surface area (Å²) in [4.78, 5) is 0. The van der Waals surface area contributed by atoms with Gasteiger partial charge in [-0.1, -0.05) is 24.6 Å². The maximum atomic E-state index is 6.09. The third kappa shape index (κ3) is 3.35. The molecule has 0 atom stereocenters. The van der Waals surface area contributed by atoms with Crippen molar-refractivity contribution in [1.82, 2.24) is 5.32 Å². The summed E-state index contributed by atoms with van der Waals surface area (Å²) in [6, 6.07) is 6.09. The van der Waals surface area contributed by atoms with E-state index < -0.39 is 0 Å². The van der Waals surface area contributed by atoms with Crippen LogP contribution in [0.3, 0.4) is 0 Å². The standard InChI is InChI=1S/C14H15BrClNS/c1-2-5-17-7-10-6-11(16)3-4-12(10)13-8-18-9-14(13)15/h3-4,6,8-9,17H,2,5,7H2,1H3. The van der Waals surface area contributed by atoms with E-state index in [1.54, 1.807) is 11.3 Å². The van der Waals surface area contributed by atoms with Crippen molar-refractivity contribution in [3.8, 4) is 11.1 Å². The summed E-state index contributed by atoms with van der Waals surface area (Å²) in [6.45, 7) is 4.05. The van der Waals surface area contributed by atoms with Crippen molar-refractivity contribution >= 4 is 38.9 Å². The Kier molecular flexibility index (Phi) is 5.25. The lowest BCUT2D eigenvalue weighted by molar-refractivity contribution is 0.676. The van der Waals surface area contributed by atoms with Gasteiger partial charge >= 0.3 is 0 Å². The predicted molar refractivity (Wildman–Crippen MR) is 84.5 cm³/mol. The first-order chi connectivity index (χ1) is 8.72. The number of halogens is 2. The van der Waals surface area contributed by atoms with Gasteiger partial charge in [0, 0.05) is 27.0 Å². The minimum Gasteiger partial charge on any atom is -0.313 e. The molecule has 0 spiro atoms. The number of thiophene rings is 1. The highest BCUT2D eigenvalue weighted by atomic mass is 79.9. The molecule has 0 saturated heterocycles. The van der Waals surface area contributed by atoms with E-state index in [1.165, 1.54) is 16.7 Å². The third-order valence-electron chi connectivity index (χ3n) is 2.71. The van der Waals surface area contributed by atoms with Crippen LogP contribution in [0.1, 0.15) is 18.9 Å². The minimum atomic E-state index is 0.790. The van der Waals surface area contributed by atoms with E-state index >= 15 is 0 Å². The minimum absolute atomic E-state index is 0.790. The molecule has 1 N–H and O–H groups in total. The van der Waals surface area contributed by atoms with Crippen molar-refractivity contribution in [2.24, 2.45) is 0 Å². The Morgan fingerprint density at radius 3 is 2.78 bits per heavy atom. The van der Waals surface area contributed by atoms with Crippen LogP contribution in [0.4, 0.5) is 0 Å². The largest absolute Gasteiger partial charge is 0.313 e. The van der Waals surface area contributed by atoms with Crippen LogP contribution in [-0.4, -0.2) is 6.54 Å². The van der Waals surface area contributed by atoms with Crippen LogP contribution in [0, 0.1) is 0 Å². The molecule has 0 saturated carbocycles. The van der Waals surface area contributed by atoms with Crippen LogP contribution in [0.5, 0.6) is 0 Å². The molecule has 0 aliphatic carbocycles. The Morgan fingerprint density at radius 1 is 1.28 bits per heavy atom. The van der Waals surface area contributed by atoms with Crippen LogP contribution < -0.4 is 5.32 Å². The molecule has 0 aliphatic rings. The summed E-state index contributed by atoms with van der Waals surface area (Å²) < 4.78 is 1.14. The normalized spacial score (nSPS) is 10.8. The van der Waals surface area contributed by atoms with Gasteiger partial charge < -0.3 is 5.32 Å². The fourth-order valence-electron chi connectivity index (χ4n) is 1.84. The van der Waals surface area contributed by atoms with Gasteiger partial charge in [0.1, 0.15) is 0 Å². The molecule has 0 unspecified atom stereocenters. The highest BCUT2D eigenvalue weighted by molar-refractivity contribution is 9.10. The van der Waals surface area contributed by atoms with E-state index in [0.29, 0.717) is 0 Å². The number of hydrogen-bond donors (Lipinski definition) is 1. The number of benzene rings is 1. The van der Waals surface area contributed by atoms with Gasteiger partial charge in [0.2, 0.25) is 0 Å². The van der Waals surface area contributed by atoms with E-state index in [1.807, 2.05) is 12.1 Å². The van der Waals surface area contributed by atoms with Crippen molar-refractivity contribution in [3.05, 3.63) is 44.0 Å². The van der Waals surface area contributed by atoms with Crippen LogP contribution in [0.2, 0.25) is 5.02 Å². The molecule has 1 nitrogen and oxygen atoms in total. The molecule has 2 rings (SSSR count). The summed E-state index contributed by atoms with van der Waals surface area (Å²) in [7, 11) is 0. The molecule has 1 aromatic carbocycles. The number of nitrogens with one attached hydrogen (secondary N) is 1. The monoisotopic (exact) mass is 343 g/mol. The second-order valence-electron chi connectivity index (χ2n) is 4.11. The quantitative estimate of drug-likeness (QED) is 0.723. The smallest absolute Gasteiger partial charge is 0.0409 e. The average Bonchev–Trinajstić information content (AvgIpc) is 2.76. The van der Waals surface area contributed by atoms with E-state index in [0.717, 1.165) is 29.0 Å². The fourth-order valence-corrected chi connectivity index (χ4v) is 3.55. The van der Waals surface area contributed by atoms with Crippen molar-refractivity contribution in [2.45, 2.75) is 19.9 Å². The van der Waals surface area contributed by atoms with Gasteiger partial charge in [-0.2, -0.15) is 11.3 Å². The van der Waals surface area contributed by atoms with Crippen LogP contribution in [-0.2, 0) is 6.54 Å². The van der Waals surface area contributed by atoms with Crippen LogP contribution >= 0.6 is 38.9 Å². The van der Waals surface area contributed by atoms with Gasteiger partial charge in [-0.25, -0.2) is 0 Å². The Labute approximate surface area is 125 Å². The molecule has 0 fully saturated rings. The Balaban J connectivity index is 2.32. The van der Waals surface area contributed by atoms with Gasteiger partial charge in [-0.15, -0.1) is 0 Å². The zero-order valence-corrected chi connectivity index (χ0v) is 13.3. The SMILES string of the molecule is CCCNCc1cc(Cl)ccc1-c1cscc1Br. The van der Waals surface area contributed by atoms with E-state index in [4.69, 9.17) is 11.6 Å². The summed E-state index contributed by atoms with van der Waals surface area (Å²) in [6.07, 6.45) is 1.14. The molecule has 2 aromatic rings. The molecule has 0 radical (unpaired) electrons. The maximum absolute atomic E-state index is 6.09. The number of rotatable bonds is 5. The summed E-state index contributed by atoms with van der Waals surface area (Å²) in [5, 5.41) is 8.49. The summed E-state index contributed by atoms with van der Waals surface area (Å²) in [5.74, 6) is 0. The van der Waals surface area contributed by atoms with Crippen molar-refractivity contribution in [3.63, 3.8) is 0 Å². The number of hydrogen-bond acceptors (Lipinski definition) is 2. The average molecular weight is 345 g/mol. The van der Waals surface area contributed by atoms with Gasteiger partial charge in [-0.05, 0) is 57.5 Å². The predicted octanol–water partition coefficient (Wildman–Crippen LogP) is 5.33. The molecule has 4 heteroatoms. The lowest BCUT2D eigenvalue weighted by atomic mass is 10.0. The molecule has 0 bridgehead atoms. The molecule has 96 valence electrons. The summed E-state index contributed by atoms with van der Waals surface area (Å²) >= 11 is 11.4. The Bertz CT molecular complexity index is 524. The van der Waals surface area contributed by atoms with Crippen molar-refractivity contribution in [1.29, 1.82) is 0 Å². The molecule has 1 aromatic heterocycles. The van der Waals surface area contributed by atoms with Gasteiger partial charge in [0.25, 0.3) is 0 Å². The van der Waals surface area contributed by atoms with E-state index in [2.05, 4.69) is 45.0 Å². The molecule has 0 aliphatic heterocycles. The lowest BCUT2D eigenvalue weighted by Crippen LogP contribution is -2.14. The molecular weight excluding hydrogens is 330 g/mol. The van der Waals surface area contributed by atoms with E-state index in [9.17, 15) is 0 Å². The second kappa shape index (κ2) is 6.71. The lowest BCUT2D eigenvalue weighted by Gasteiger charge is -2.10. The highest BCUT2D eigenvalue weighted by Crippen LogP contribution is 2.34. The first-order valence-corrected chi connectivity index (χ1v) is 8.05. The van der Waals surface area contributed by atoms with Gasteiger partial charge in [0.05, 0.1) is 0 Å². The van der Waals surface area contributed by atoms with Crippen molar-refractivity contribution in [2.75, 3.05) is 6.54 Å². The summed E-state index contributed by atoms with van der Waals surface area (Å²) in [5.41, 5.74) is 3.73. The topological polar surface area (TPSA) is 12.0 Å². The fraction of sp³-hybridized carbons (Fsp3) is 0.286. The Hall–Kier alpha value is -0.350. The zero-order valence-electron chi connectivity index (χ0n) is 10.2. The van der Waals surface area contributed by atoms with Crippen LogP contribution in [0.25, 0.3) is 11.1 Å². The van der Waals surface area contributed by atoms with Crippen LogP contribution in [0.15, 0.2) is 33.4 Å². The van der Waals surface area contributed by atoms with Gasteiger partial charge in [-0.3, -0.25) is 0 Å². The van der Waals surface area contributed by atoms with E-state index in [-0.39, 0.29) is 0 Å². The first kappa shape index (κ1) is 14.1. The molecule has 18 heavy (non-hydrogen) atoms. The second-order valence-corrected chi connectivity index (χ2v) is 6.15. The molecular formula is C14H15BrClNS. The molecule has 1 heterocycles. The highest BCUT2D eigenvalue weighted by Gasteiger charge is 2.09.